The van der Waals surface area contributed by atoms with Gasteiger partial charge in [-0.15, -0.1) is 0 Å². The summed E-state index contributed by atoms with van der Waals surface area (Å²) in [7, 11) is 2.18. The highest BCUT2D eigenvalue weighted by Crippen LogP contribution is 2.44. The van der Waals surface area contributed by atoms with E-state index in [4.69, 9.17) is 4.74 Å². The van der Waals surface area contributed by atoms with E-state index in [-0.39, 0.29) is 16.3 Å². The number of carbonyl (C=O) groups excluding carboxylic acids is 1. The molecule has 1 saturated carbocycles. The maximum absolute atomic E-state index is 13.8. The Bertz CT molecular complexity index is 1390. The Morgan fingerprint density at radius 1 is 1.03 bits per heavy atom. The number of likely N-dealkylation sites (N-methyl/N-ethyl adjacent to an activating group) is 1. The molecule has 1 amide bonds. The third-order valence-corrected chi connectivity index (χ3v) is 8.40. The van der Waals surface area contributed by atoms with E-state index >= 15 is 0 Å². The Morgan fingerprint density at radius 2 is 1.67 bits per heavy atom. The Balaban J connectivity index is 1.52. The molecule has 2 aromatic carbocycles. The summed E-state index contributed by atoms with van der Waals surface area (Å²) in [4.78, 5) is 17.8. The van der Waals surface area contributed by atoms with Crippen LogP contribution >= 0.6 is 0 Å². The molecule has 0 unspecified atom stereocenters. The topological polar surface area (TPSA) is 84.7 Å². The van der Waals surface area contributed by atoms with Crippen molar-refractivity contribution in [3.05, 3.63) is 65.4 Å². The lowest BCUT2D eigenvalue weighted by Crippen LogP contribution is -2.43. The molecule has 3 aromatic rings. The lowest BCUT2D eigenvalue weighted by molar-refractivity contribution is 0.0973. The second kappa shape index (κ2) is 9.05. The fraction of sp³-hybridized carbons (Fsp3) is 0.407. The molecule has 1 aromatic heterocycles. The van der Waals surface area contributed by atoms with E-state index in [0.29, 0.717) is 35.7 Å². The average Bonchev–Trinajstić information content (AvgIpc) is 3.23. The largest absolute Gasteiger partial charge is 0.497 e. The van der Waals surface area contributed by atoms with Gasteiger partial charge in [0.15, 0.2) is 14.9 Å². The second-order valence-corrected chi connectivity index (χ2v) is 12.1. The third-order valence-electron chi connectivity index (χ3n) is 7.37. The number of nitrogens with zero attached hydrogens (tertiary/aromatic N) is 4. The van der Waals surface area contributed by atoms with Crippen LogP contribution in [0.5, 0.6) is 5.75 Å². The van der Waals surface area contributed by atoms with Crippen LogP contribution in [-0.2, 0) is 21.7 Å². The van der Waals surface area contributed by atoms with Gasteiger partial charge in [-0.05, 0) is 75.3 Å². The summed E-state index contributed by atoms with van der Waals surface area (Å²) in [6, 6.07) is 15.4. The standard InChI is InChI=1S/C27H32N4O4S/c1-29(2)18-27(15-5-16-27)19-6-8-20(9-7-19)30-17-14-23-24(26(30)32)31(28-25(23)36(4,33)34)21-10-12-22(35-3)13-11-21/h6-13H,5,14-18H2,1-4H3. The highest BCUT2D eigenvalue weighted by atomic mass is 32.2. The van der Waals surface area contributed by atoms with Crippen LogP contribution in [0.4, 0.5) is 5.69 Å². The monoisotopic (exact) mass is 508 g/mol. The number of rotatable bonds is 7. The first-order chi connectivity index (χ1) is 17.1. The molecule has 190 valence electrons. The minimum atomic E-state index is -3.61. The molecule has 1 fully saturated rings. The fourth-order valence-corrected chi connectivity index (χ4v) is 6.40. The van der Waals surface area contributed by atoms with Crippen molar-refractivity contribution in [1.29, 1.82) is 0 Å². The Labute approximate surface area is 212 Å². The quantitative estimate of drug-likeness (QED) is 0.486. The van der Waals surface area contributed by atoms with E-state index in [1.807, 2.05) is 12.1 Å². The lowest BCUT2D eigenvalue weighted by atomic mass is 9.64. The number of hydrogen-bond acceptors (Lipinski definition) is 6. The maximum Gasteiger partial charge on any atom is 0.277 e. The van der Waals surface area contributed by atoms with Gasteiger partial charge in [0, 0.05) is 36.0 Å². The molecule has 36 heavy (non-hydrogen) atoms. The predicted molar refractivity (Wildman–Crippen MR) is 139 cm³/mol. The van der Waals surface area contributed by atoms with Gasteiger partial charge in [-0.3, -0.25) is 4.79 Å². The van der Waals surface area contributed by atoms with Crippen LogP contribution in [0, 0.1) is 0 Å². The van der Waals surface area contributed by atoms with Gasteiger partial charge in [0.05, 0.1) is 12.8 Å². The van der Waals surface area contributed by atoms with Crippen LogP contribution in [0.2, 0.25) is 0 Å². The molecular weight excluding hydrogens is 476 g/mol. The van der Waals surface area contributed by atoms with E-state index in [0.717, 1.165) is 18.5 Å². The first kappa shape index (κ1) is 24.5. The highest BCUT2D eigenvalue weighted by molar-refractivity contribution is 7.90. The van der Waals surface area contributed by atoms with Crippen LogP contribution in [-0.4, -0.2) is 69.6 Å². The zero-order chi connectivity index (χ0) is 25.7. The van der Waals surface area contributed by atoms with Crippen molar-refractivity contribution in [2.24, 2.45) is 0 Å². The number of amides is 1. The fourth-order valence-electron chi connectivity index (χ4n) is 5.52. The van der Waals surface area contributed by atoms with Crippen molar-refractivity contribution in [3.8, 4) is 11.4 Å². The number of aromatic nitrogens is 2. The molecule has 9 heteroatoms. The van der Waals surface area contributed by atoms with Crippen LogP contribution in [0.1, 0.15) is 40.9 Å². The number of fused-ring (bicyclic) bond motifs is 1. The van der Waals surface area contributed by atoms with Crippen molar-refractivity contribution in [2.45, 2.75) is 36.1 Å². The van der Waals surface area contributed by atoms with Crippen LogP contribution < -0.4 is 9.64 Å². The summed E-state index contributed by atoms with van der Waals surface area (Å²) < 4.78 is 31.7. The summed E-state index contributed by atoms with van der Waals surface area (Å²) in [6.45, 7) is 1.40. The van der Waals surface area contributed by atoms with E-state index in [9.17, 15) is 13.2 Å². The smallest absolute Gasteiger partial charge is 0.277 e. The summed E-state index contributed by atoms with van der Waals surface area (Å²) in [5.74, 6) is 0.406. The first-order valence-corrected chi connectivity index (χ1v) is 14.1. The number of sulfone groups is 1. The highest BCUT2D eigenvalue weighted by Gasteiger charge is 2.40. The molecule has 0 bridgehead atoms. The molecule has 2 aliphatic rings. The second-order valence-electron chi connectivity index (χ2n) is 10.1. The minimum absolute atomic E-state index is 0.0349. The SMILES string of the molecule is COc1ccc(-n2nc(S(C)(=O)=O)c3c2C(=O)N(c2ccc(C4(CN(C)C)CCC4)cc2)CC3)cc1. The Kier molecular flexibility index (Phi) is 6.16. The van der Waals surface area contributed by atoms with Gasteiger partial charge in [0.25, 0.3) is 5.91 Å². The van der Waals surface area contributed by atoms with Gasteiger partial charge >= 0.3 is 0 Å². The van der Waals surface area contributed by atoms with E-state index < -0.39 is 9.84 Å². The lowest BCUT2D eigenvalue weighted by Gasteiger charge is -2.44. The molecule has 2 heterocycles. The minimum Gasteiger partial charge on any atom is -0.497 e. The number of carbonyl (C=O) groups is 1. The van der Waals surface area contributed by atoms with Crippen LogP contribution in [0.25, 0.3) is 5.69 Å². The molecule has 1 aliphatic heterocycles. The summed E-state index contributed by atoms with van der Waals surface area (Å²) in [5.41, 5.74) is 3.65. The third kappa shape index (κ3) is 4.20. The van der Waals surface area contributed by atoms with Crippen molar-refractivity contribution in [1.82, 2.24) is 14.7 Å². The number of hydrogen-bond donors (Lipinski definition) is 0. The molecule has 0 atom stereocenters. The van der Waals surface area contributed by atoms with Gasteiger partial charge in [0.2, 0.25) is 0 Å². The normalized spacial score (nSPS) is 17.1. The molecule has 0 spiro atoms. The number of methoxy groups -OCH3 is 1. The number of ether oxygens (including phenoxy) is 1. The van der Waals surface area contributed by atoms with Gasteiger partial charge in [-0.25, -0.2) is 13.1 Å². The van der Waals surface area contributed by atoms with E-state index in [1.165, 1.54) is 29.5 Å². The molecular formula is C27H32N4O4S. The molecule has 0 radical (unpaired) electrons. The first-order valence-electron chi connectivity index (χ1n) is 12.2. The Morgan fingerprint density at radius 3 is 2.19 bits per heavy atom. The van der Waals surface area contributed by atoms with Gasteiger partial charge in [0.1, 0.15) is 11.4 Å². The summed E-state index contributed by atoms with van der Waals surface area (Å²) in [5, 5.41) is 4.36. The van der Waals surface area contributed by atoms with E-state index in [2.05, 4.69) is 36.2 Å². The van der Waals surface area contributed by atoms with Gasteiger partial charge in [-0.2, -0.15) is 5.10 Å². The summed E-state index contributed by atoms with van der Waals surface area (Å²) >= 11 is 0. The molecule has 1 aliphatic carbocycles. The maximum atomic E-state index is 13.8. The van der Waals surface area contributed by atoms with E-state index in [1.54, 1.807) is 36.3 Å². The zero-order valence-electron chi connectivity index (χ0n) is 21.2. The molecule has 8 nitrogen and oxygen atoms in total. The van der Waals surface area contributed by atoms with Crippen molar-refractivity contribution < 1.29 is 17.9 Å². The van der Waals surface area contributed by atoms with Gasteiger partial charge in [-0.1, -0.05) is 18.6 Å². The number of benzene rings is 2. The predicted octanol–water partition coefficient (Wildman–Crippen LogP) is 3.47. The summed E-state index contributed by atoms with van der Waals surface area (Å²) in [6.07, 6.45) is 5.12. The van der Waals surface area contributed by atoms with Gasteiger partial charge < -0.3 is 14.5 Å². The van der Waals surface area contributed by atoms with Crippen molar-refractivity contribution in [2.75, 3.05) is 45.5 Å². The number of anilines is 1. The van der Waals surface area contributed by atoms with Crippen molar-refractivity contribution >= 4 is 21.4 Å². The molecule has 0 saturated heterocycles. The van der Waals surface area contributed by atoms with Crippen LogP contribution in [0.15, 0.2) is 53.6 Å². The molecule has 5 rings (SSSR count). The Hall–Kier alpha value is -3.17. The van der Waals surface area contributed by atoms with Crippen LogP contribution in [0.3, 0.4) is 0 Å². The average molecular weight is 509 g/mol. The van der Waals surface area contributed by atoms with Crippen molar-refractivity contribution in [3.63, 3.8) is 0 Å². The molecule has 0 N–H and O–H groups in total. The zero-order valence-corrected chi connectivity index (χ0v) is 22.0.